The molecule has 1 unspecified atom stereocenters. The number of benzene rings is 3. The van der Waals surface area contributed by atoms with Crippen LogP contribution in [0.15, 0.2) is 84.4 Å². The second-order valence-corrected chi connectivity index (χ2v) is 7.05. The normalized spacial score (nSPS) is 13.3. The number of rotatable bonds is 5. The van der Waals surface area contributed by atoms with E-state index in [0.717, 1.165) is 11.1 Å². The Labute approximate surface area is 175 Å². The van der Waals surface area contributed by atoms with Crippen LogP contribution in [0.1, 0.15) is 22.8 Å². The standard InChI is InChI=1S/C25H21NO4/c1-17-11-13-21(14-12-17)26-24(27)23(18-7-3-2-4-8-18)30-25(28)20-15-19-9-5-6-10-22(19)29-16-20/h2-15,23H,16H2,1H3,(H,26,27). The Kier molecular flexibility index (Phi) is 5.61. The molecular formula is C25H21NO4. The number of carbonyl (C=O) groups excluding carboxylic acids is 2. The molecule has 0 spiro atoms. The minimum Gasteiger partial charge on any atom is -0.488 e. The molecule has 0 saturated heterocycles. The molecule has 1 N–H and O–H groups in total. The summed E-state index contributed by atoms with van der Waals surface area (Å²) in [5.41, 5.74) is 3.47. The number of ether oxygens (including phenoxy) is 2. The Bertz CT molecular complexity index is 1090. The number of hydrogen-bond acceptors (Lipinski definition) is 4. The molecule has 1 atom stereocenters. The zero-order chi connectivity index (χ0) is 20.9. The van der Waals surface area contributed by atoms with Crippen molar-refractivity contribution in [3.63, 3.8) is 0 Å². The highest BCUT2D eigenvalue weighted by Crippen LogP contribution is 2.28. The first-order valence-electron chi connectivity index (χ1n) is 9.66. The number of carbonyl (C=O) groups is 2. The molecule has 0 bridgehead atoms. The monoisotopic (exact) mass is 399 g/mol. The molecule has 0 fully saturated rings. The maximum absolute atomic E-state index is 13.0. The third-order valence-electron chi connectivity index (χ3n) is 4.78. The Morgan fingerprint density at radius 3 is 2.40 bits per heavy atom. The maximum Gasteiger partial charge on any atom is 0.338 e. The van der Waals surface area contributed by atoms with Crippen molar-refractivity contribution >= 4 is 23.6 Å². The number of esters is 1. The fraction of sp³-hybridized carbons (Fsp3) is 0.120. The molecule has 0 aromatic heterocycles. The van der Waals surface area contributed by atoms with Crippen LogP contribution >= 0.6 is 0 Å². The number of fused-ring (bicyclic) bond motifs is 1. The van der Waals surface area contributed by atoms with Crippen molar-refractivity contribution in [2.24, 2.45) is 0 Å². The van der Waals surface area contributed by atoms with Gasteiger partial charge in [-0.1, -0.05) is 66.2 Å². The summed E-state index contributed by atoms with van der Waals surface area (Å²) in [7, 11) is 0. The molecule has 30 heavy (non-hydrogen) atoms. The molecule has 5 heteroatoms. The van der Waals surface area contributed by atoms with Gasteiger partial charge in [-0.3, -0.25) is 4.79 Å². The lowest BCUT2D eigenvalue weighted by Gasteiger charge is -2.21. The highest BCUT2D eigenvalue weighted by atomic mass is 16.6. The summed E-state index contributed by atoms with van der Waals surface area (Å²) in [6.07, 6.45) is 0.652. The predicted octanol–water partition coefficient (Wildman–Crippen LogP) is 4.69. The zero-order valence-electron chi connectivity index (χ0n) is 16.5. The van der Waals surface area contributed by atoms with Crippen LogP contribution < -0.4 is 10.1 Å². The van der Waals surface area contributed by atoms with Crippen LogP contribution in [0.5, 0.6) is 5.75 Å². The molecule has 1 amide bonds. The van der Waals surface area contributed by atoms with E-state index < -0.39 is 18.0 Å². The van der Waals surface area contributed by atoms with Crippen molar-refractivity contribution in [3.8, 4) is 5.75 Å². The van der Waals surface area contributed by atoms with E-state index in [9.17, 15) is 9.59 Å². The van der Waals surface area contributed by atoms with Crippen molar-refractivity contribution in [3.05, 3.63) is 101 Å². The van der Waals surface area contributed by atoms with Crippen molar-refractivity contribution in [1.82, 2.24) is 0 Å². The second-order valence-electron chi connectivity index (χ2n) is 7.05. The summed E-state index contributed by atoms with van der Waals surface area (Å²) < 4.78 is 11.3. The summed E-state index contributed by atoms with van der Waals surface area (Å²) >= 11 is 0. The van der Waals surface area contributed by atoms with Gasteiger partial charge in [-0.2, -0.15) is 0 Å². The van der Waals surface area contributed by atoms with E-state index in [-0.39, 0.29) is 6.61 Å². The maximum atomic E-state index is 13.0. The average molecular weight is 399 g/mol. The van der Waals surface area contributed by atoms with E-state index in [0.29, 0.717) is 22.6 Å². The fourth-order valence-electron chi connectivity index (χ4n) is 3.16. The Morgan fingerprint density at radius 2 is 1.63 bits per heavy atom. The molecule has 150 valence electrons. The highest BCUT2D eigenvalue weighted by molar-refractivity contribution is 6.00. The molecular weight excluding hydrogens is 378 g/mol. The second kappa shape index (κ2) is 8.66. The van der Waals surface area contributed by atoms with E-state index in [1.807, 2.05) is 61.5 Å². The van der Waals surface area contributed by atoms with E-state index >= 15 is 0 Å². The van der Waals surface area contributed by atoms with Crippen LogP contribution in [0.3, 0.4) is 0 Å². The van der Waals surface area contributed by atoms with Crippen molar-refractivity contribution in [2.45, 2.75) is 13.0 Å². The number of nitrogens with one attached hydrogen (secondary N) is 1. The zero-order valence-corrected chi connectivity index (χ0v) is 16.5. The van der Waals surface area contributed by atoms with Gasteiger partial charge in [-0.25, -0.2) is 4.79 Å². The van der Waals surface area contributed by atoms with Crippen molar-refractivity contribution < 1.29 is 19.1 Å². The molecule has 0 aliphatic carbocycles. The summed E-state index contributed by atoms with van der Waals surface area (Å²) in [6, 6.07) is 23.8. The summed E-state index contributed by atoms with van der Waals surface area (Å²) in [5, 5.41) is 2.82. The van der Waals surface area contributed by atoms with Crippen molar-refractivity contribution in [1.29, 1.82) is 0 Å². The third kappa shape index (κ3) is 4.41. The van der Waals surface area contributed by atoms with Gasteiger partial charge in [-0.15, -0.1) is 0 Å². The molecule has 0 radical (unpaired) electrons. The van der Waals surface area contributed by atoms with Gasteiger partial charge in [0.25, 0.3) is 5.91 Å². The Hall–Kier alpha value is -3.86. The van der Waals surface area contributed by atoms with Crippen LogP contribution in [0, 0.1) is 6.92 Å². The first-order valence-corrected chi connectivity index (χ1v) is 9.66. The number of anilines is 1. The summed E-state index contributed by atoms with van der Waals surface area (Å²) in [6.45, 7) is 2.06. The van der Waals surface area contributed by atoms with Gasteiger partial charge < -0.3 is 14.8 Å². The van der Waals surface area contributed by atoms with Crippen LogP contribution in [-0.2, 0) is 14.3 Å². The van der Waals surface area contributed by atoms with Crippen LogP contribution in [0.25, 0.3) is 6.08 Å². The Balaban J connectivity index is 1.56. The van der Waals surface area contributed by atoms with Crippen LogP contribution in [0.2, 0.25) is 0 Å². The minimum atomic E-state index is -1.09. The van der Waals surface area contributed by atoms with Gasteiger partial charge in [0.15, 0.2) is 0 Å². The molecule has 3 aromatic rings. The molecule has 0 saturated carbocycles. The van der Waals surface area contributed by atoms with E-state index in [4.69, 9.17) is 9.47 Å². The van der Waals surface area contributed by atoms with Gasteiger partial charge in [0.05, 0.1) is 5.57 Å². The van der Waals surface area contributed by atoms with Gasteiger partial charge in [0.2, 0.25) is 6.10 Å². The topological polar surface area (TPSA) is 64.6 Å². The van der Waals surface area contributed by atoms with Gasteiger partial charge in [-0.05, 0) is 31.2 Å². The first kappa shape index (κ1) is 19.5. The van der Waals surface area contributed by atoms with Crippen molar-refractivity contribution in [2.75, 3.05) is 11.9 Å². The lowest BCUT2D eigenvalue weighted by molar-refractivity contribution is -0.151. The smallest absolute Gasteiger partial charge is 0.338 e. The quantitative estimate of drug-likeness (QED) is 0.632. The lowest BCUT2D eigenvalue weighted by Crippen LogP contribution is -2.27. The SMILES string of the molecule is Cc1ccc(NC(=O)C(OC(=O)C2=Cc3ccccc3OC2)c2ccccc2)cc1. The number of aryl methyl sites for hydroxylation is 1. The van der Waals surface area contributed by atoms with Gasteiger partial charge in [0.1, 0.15) is 12.4 Å². The number of hydrogen-bond donors (Lipinski definition) is 1. The summed E-state index contributed by atoms with van der Waals surface area (Å²) in [5.74, 6) is -0.292. The van der Waals surface area contributed by atoms with Gasteiger partial charge >= 0.3 is 5.97 Å². The number of amides is 1. The summed E-state index contributed by atoms with van der Waals surface area (Å²) in [4.78, 5) is 25.8. The van der Waals surface area contributed by atoms with Crippen LogP contribution in [-0.4, -0.2) is 18.5 Å². The predicted molar refractivity (Wildman–Crippen MR) is 115 cm³/mol. The van der Waals surface area contributed by atoms with E-state index in [2.05, 4.69) is 5.32 Å². The Morgan fingerprint density at radius 1 is 0.933 bits per heavy atom. The average Bonchev–Trinajstić information content (AvgIpc) is 2.79. The van der Waals surface area contributed by atoms with E-state index in [1.165, 1.54) is 0 Å². The first-order chi connectivity index (χ1) is 14.6. The lowest BCUT2D eigenvalue weighted by atomic mass is 10.1. The minimum absolute atomic E-state index is 0.0942. The molecule has 4 rings (SSSR count). The van der Waals surface area contributed by atoms with E-state index in [1.54, 1.807) is 30.3 Å². The van der Waals surface area contributed by atoms with Gasteiger partial charge in [0, 0.05) is 16.8 Å². The molecule has 5 nitrogen and oxygen atoms in total. The molecule has 1 aliphatic rings. The van der Waals surface area contributed by atoms with Crippen LogP contribution in [0.4, 0.5) is 5.69 Å². The molecule has 1 heterocycles. The number of para-hydroxylation sites is 1. The third-order valence-corrected chi connectivity index (χ3v) is 4.78. The highest BCUT2D eigenvalue weighted by Gasteiger charge is 2.28. The largest absolute Gasteiger partial charge is 0.488 e. The molecule has 1 aliphatic heterocycles. The fourth-order valence-corrected chi connectivity index (χ4v) is 3.16. The molecule has 3 aromatic carbocycles.